The molecule has 0 aliphatic heterocycles. The molecule has 142 valence electrons. The third kappa shape index (κ3) is 3.70. The van der Waals surface area contributed by atoms with Crippen LogP contribution in [-0.4, -0.2) is 17.6 Å². The number of rotatable bonds is 3. The maximum atomic E-state index is 13.0. The van der Waals surface area contributed by atoms with E-state index in [4.69, 9.17) is 4.74 Å². The molecule has 27 heavy (non-hydrogen) atoms. The average molecular weight is 376 g/mol. The number of esters is 1. The fourth-order valence-corrected chi connectivity index (χ4v) is 3.68. The molecule has 7 heteroatoms. The molecular weight excluding hydrogens is 357 g/mol. The summed E-state index contributed by atoms with van der Waals surface area (Å²) in [6, 6.07) is 7.14. The molecule has 0 saturated heterocycles. The number of carbonyl (C=O) groups excluding carboxylic acids is 1. The van der Waals surface area contributed by atoms with Gasteiger partial charge < -0.3 is 9.30 Å². The number of hydrogen-bond donors (Lipinski definition) is 0. The van der Waals surface area contributed by atoms with E-state index in [1.165, 1.54) is 13.2 Å². The van der Waals surface area contributed by atoms with Crippen molar-refractivity contribution in [3.05, 3.63) is 57.9 Å². The average Bonchev–Trinajstić information content (AvgIpc) is 2.78. The van der Waals surface area contributed by atoms with Gasteiger partial charge in [0, 0.05) is 12.2 Å². The molecule has 0 fully saturated rings. The SMILES string of the molecule is COC(=O)c1c(C#N)c2c(n1Cc1cccc(C(F)(F)F)c1)CCCCC2. The van der Waals surface area contributed by atoms with E-state index < -0.39 is 17.7 Å². The Kier molecular flexibility index (Phi) is 5.26. The number of carbonyl (C=O) groups is 1. The number of methoxy groups -OCH3 is 1. The number of fused-ring (bicyclic) bond motifs is 1. The first-order chi connectivity index (χ1) is 12.9. The molecule has 2 aromatic rings. The van der Waals surface area contributed by atoms with Crippen molar-refractivity contribution in [3.8, 4) is 6.07 Å². The van der Waals surface area contributed by atoms with Crippen LogP contribution < -0.4 is 0 Å². The number of ether oxygens (including phenoxy) is 1. The van der Waals surface area contributed by atoms with Gasteiger partial charge in [0.25, 0.3) is 0 Å². The van der Waals surface area contributed by atoms with Crippen LogP contribution in [0.5, 0.6) is 0 Å². The molecule has 3 rings (SSSR count). The second kappa shape index (κ2) is 7.47. The predicted molar refractivity (Wildman–Crippen MR) is 92.3 cm³/mol. The summed E-state index contributed by atoms with van der Waals surface area (Å²) in [5, 5.41) is 9.62. The summed E-state index contributed by atoms with van der Waals surface area (Å²) in [7, 11) is 1.23. The molecule has 0 radical (unpaired) electrons. The Hall–Kier alpha value is -2.75. The Morgan fingerprint density at radius 1 is 1.26 bits per heavy atom. The van der Waals surface area contributed by atoms with Gasteiger partial charge in [-0.3, -0.25) is 0 Å². The van der Waals surface area contributed by atoms with Crippen molar-refractivity contribution in [2.45, 2.75) is 44.8 Å². The minimum Gasteiger partial charge on any atom is -0.464 e. The minimum atomic E-state index is -4.44. The van der Waals surface area contributed by atoms with Crippen LogP contribution >= 0.6 is 0 Å². The van der Waals surface area contributed by atoms with Crippen molar-refractivity contribution in [2.24, 2.45) is 0 Å². The molecule has 4 nitrogen and oxygen atoms in total. The highest BCUT2D eigenvalue weighted by Crippen LogP contribution is 2.32. The van der Waals surface area contributed by atoms with Crippen LogP contribution in [0.15, 0.2) is 24.3 Å². The number of hydrogen-bond acceptors (Lipinski definition) is 3. The highest BCUT2D eigenvalue weighted by molar-refractivity contribution is 5.91. The maximum absolute atomic E-state index is 13.0. The molecule has 1 aromatic carbocycles. The molecule has 0 amide bonds. The Balaban J connectivity index is 2.13. The van der Waals surface area contributed by atoms with Gasteiger partial charge in [0.15, 0.2) is 0 Å². The molecule has 0 N–H and O–H groups in total. The summed E-state index contributed by atoms with van der Waals surface area (Å²) in [5.41, 5.74) is 1.76. The predicted octanol–water partition coefficient (Wildman–Crippen LogP) is 4.48. The number of nitriles is 1. The molecule has 1 heterocycles. The van der Waals surface area contributed by atoms with Gasteiger partial charge in [-0.2, -0.15) is 18.4 Å². The fourth-order valence-electron chi connectivity index (χ4n) is 3.68. The van der Waals surface area contributed by atoms with E-state index in [9.17, 15) is 23.2 Å². The second-order valence-electron chi connectivity index (χ2n) is 6.60. The number of aromatic nitrogens is 1. The summed E-state index contributed by atoms with van der Waals surface area (Å²) < 4.78 is 45.6. The monoisotopic (exact) mass is 376 g/mol. The van der Waals surface area contributed by atoms with Gasteiger partial charge in [0.2, 0.25) is 0 Å². The molecule has 0 spiro atoms. The largest absolute Gasteiger partial charge is 0.464 e. The first-order valence-corrected chi connectivity index (χ1v) is 8.75. The van der Waals surface area contributed by atoms with E-state index in [1.807, 2.05) is 0 Å². The molecule has 0 bridgehead atoms. The minimum absolute atomic E-state index is 0.0817. The first kappa shape index (κ1) is 19.0. The van der Waals surface area contributed by atoms with Crippen molar-refractivity contribution in [1.82, 2.24) is 4.57 Å². The highest BCUT2D eigenvalue weighted by Gasteiger charge is 2.31. The smallest absolute Gasteiger partial charge is 0.416 e. The van der Waals surface area contributed by atoms with E-state index in [-0.39, 0.29) is 17.8 Å². The first-order valence-electron chi connectivity index (χ1n) is 8.75. The van der Waals surface area contributed by atoms with E-state index in [1.54, 1.807) is 10.6 Å². The van der Waals surface area contributed by atoms with Crippen LogP contribution in [0.1, 0.15) is 57.7 Å². The third-order valence-electron chi connectivity index (χ3n) is 4.91. The van der Waals surface area contributed by atoms with Gasteiger partial charge >= 0.3 is 12.1 Å². The van der Waals surface area contributed by atoms with E-state index in [2.05, 4.69) is 6.07 Å². The summed E-state index contributed by atoms with van der Waals surface area (Å²) in [6.07, 6.45) is -0.248. The lowest BCUT2D eigenvalue weighted by Crippen LogP contribution is -2.15. The van der Waals surface area contributed by atoms with Crippen molar-refractivity contribution >= 4 is 5.97 Å². The van der Waals surface area contributed by atoms with Crippen LogP contribution in [0.25, 0.3) is 0 Å². The lowest BCUT2D eigenvalue weighted by molar-refractivity contribution is -0.137. The molecule has 0 unspecified atom stereocenters. The Morgan fingerprint density at radius 3 is 2.67 bits per heavy atom. The van der Waals surface area contributed by atoms with Gasteiger partial charge in [-0.1, -0.05) is 18.6 Å². The standard InChI is InChI=1S/C20H19F3N2O2/c1-27-19(26)18-16(11-24)15-8-3-2-4-9-17(15)25(18)12-13-6-5-7-14(10-13)20(21,22)23/h5-7,10H,2-4,8-9,12H2,1H3. The zero-order chi connectivity index (χ0) is 19.6. The number of nitrogens with zero attached hydrogens (tertiary/aromatic N) is 2. The Morgan fingerprint density at radius 2 is 2.00 bits per heavy atom. The molecular formula is C20H19F3N2O2. The molecule has 0 saturated carbocycles. The van der Waals surface area contributed by atoms with Crippen LogP contribution in [0.2, 0.25) is 0 Å². The van der Waals surface area contributed by atoms with Gasteiger partial charge in [0.1, 0.15) is 11.8 Å². The summed E-state index contributed by atoms with van der Waals surface area (Å²) in [6.45, 7) is 0.0817. The topological polar surface area (TPSA) is 55.0 Å². The van der Waals surface area contributed by atoms with Gasteiger partial charge in [-0.05, 0) is 48.9 Å². The Labute approximate surface area is 155 Å². The van der Waals surface area contributed by atoms with E-state index in [0.717, 1.165) is 42.7 Å². The quantitative estimate of drug-likeness (QED) is 0.586. The summed E-state index contributed by atoms with van der Waals surface area (Å²) in [4.78, 5) is 12.4. The fraction of sp³-hybridized carbons (Fsp3) is 0.400. The van der Waals surface area contributed by atoms with E-state index in [0.29, 0.717) is 18.4 Å². The highest BCUT2D eigenvalue weighted by atomic mass is 19.4. The van der Waals surface area contributed by atoms with Gasteiger partial charge in [-0.25, -0.2) is 4.79 Å². The molecule has 1 aliphatic carbocycles. The lowest BCUT2D eigenvalue weighted by Gasteiger charge is -2.14. The second-order valence-corrected chi connectivity index (χ2v) is 6.60. The third-order valence-corrected chi connectivity index (χ3v) is 4.91. The van der Waals surface area contributed by atoms with Crippen molar-refractivity contribution in [3.63, 3.8) is 0 Å². The van der Waals surface area contributed by atoms with Crippen LogP contribution in [-0.2, 0) is 30.3 Å². The summed E-state index contributed by atoms with van der Waals surface area (Å²) in [5.74, 6) is -0.647. The van der Waals surface area contributed by atoms with Gasteiger partial charge in [-0.15, -0.1) is 0 Å². The van der Waals surface area contributed by atoms with Crippen molar-refractivity contribution in [2.75, 3.05) is 7.11 Å². The lowest BCUT2D eigenvalue weighted by atomic mass is 10.1. The Bertz CT molecular complexity index is 907. The normalized spacial score (nSPS) is 14.2. The maximum Gasteiger partial charge on any atom is 0.416 e. The van der Waals surface area contributed by atoms with E-state index >= 15 is 0 Å². The number of alkyl halides is 3. The van der Waals surface area contributed by atoms with Crippen LogP contribution in [0.3, 0.4) is 0 Å². The summed E-state index contributed by atoms with van der Waals surface area (Å²) >= 11 is 0. The zero-order valence-corrected chi connectivity index (χ0v) is 14.9. The van der Waals surface area contributed by atoms with Gasteiger partial charge in [0.05, 0.1) is 18.2 Å². The number of halogens is 3. The molecule has 0 atom stereocenters. The molecule has 1 aliphatic rings. The van der Waals surface area contributed by atoms with Crippen LogP contribution in [0.4, 0.5) is 13.2 Å². The molecule has 1 aromatic heterocycles. The number of benzene rings is 1. The van der Waals surface area contributed by atoms with Crippen molar-refractivity contribution in [1.29, 1.82) is 5.26 Å². The van der Waals surface area contributed by atoms with Crippen molar-refractivity contribution < 1.29 is 22.7 Å². The zero-order valence-electron chi connectivity index (χ0n) is 14.9. The van der Waals surface area contributed by atoms with Crippen LogP contribution in [0, 0.1) is 11.3 Å².